The van der Waals surface area contributed by atoms with Gasteiger partial charge in [-0.15, -0.1) is 9.24 Å². The second-order valence-electron chi connectivity index (χ2n) is 11.2. The molecule has 0 amide bonds. The minimum absolute atomic E-state index is 0.262. The van der Waals surface area contributed by atoms with Crippen LogP contribution in [-0.2, 0) is 5.41 Å². The van der Waals surface area contributed by atoms with E-state index in [9.17, 15) is 0 Å². The first-order valence-electron chi connectivity index (χ1n) is 14.3. The molecule has 0 saturated carbocycles. The van der Waals surface area contributed by atoms with Crippen molar-refractivity contribution in [2.75, 3.05) is 0 Å². The summed E-state index contributed by atoms with van der Waals surface area (Å²) in [6, 6.07) is 52.3. The van der Waals surface area contributed by atoms with E-state index in [4.69, 9.17) is 4.74 Å². The third kappa shape index (κ3) is 4.59. The van der Waals surface area contributed by atoms with Crippen LogP contribution < -0.4 is 26.0 Å². The Bertz CT molecular complexity index is 1840. The minimum atomic E-state index is -0.835. The van der Waals surface area contributed by atoms with Crippen molar-refractivity contribution in [2.24, 2.45) is 0 Å². The molecule has 0 aromatic heterocycles. The van der Waals surface area contributed by atoms with Gasteiger partial charge in [0.05, 0.1) is 0 Å². The number of hydrogen-bond acceptors (Lipinski definition) is 1. The van der Waals surface area contributed by atoms with Crippen LogP contribution in [0.1, 0.15) is 25.0 Å². The molecule has 1 aliphatic rings. The first kappa shape index (κ1) is 26.9. The molecule has 0 bridgehead atoms. The van der Waals surface area contributed by atoms with E-state index >= 15 is 0 Å². The Balaban J connectivity index is 1.47. The van der Waals surface area contributed by atoms with Crippen molar-refractivity contribution >= 4 is 38.4 Å². The summed E-state index contributed by atoms with van der Waals surface area (Å²) in [7, 11) is 2.14. The van der Waals surface area contributed by atoms with Crippen LogP contribution in [0.5, 0.6) is 11.5 Å². The quantitative estimate of drug-likeness (QED) is 0.186. The molecule has 0 radical (unpaired) electrons. The summed E-state index contributed by atoms with van der Waals surface area (Å²) >= 11 is 0. The highest BCUT2D eigenvalue weighted by atomic mass is 31.1. The van der Waals surface area contributed by atoms with Crippen molar-refractivity contribution in [2.45, 2.75) is 19.3 Å². The van der Waals surface area contributed by atoms with Crippen molar-refractivity contribution in [1.29, 1.82) is 0 Å². The van der Waals surface area contributed by atoms with Crippen LogP contribution in [0, 0.1) is 0 Å². The van der Waals surface area contributed by atoms with Gasteiger partial charge in [0.1, 0.15) is 11.5 Å². The van der Waals surface area contributed by atoms with Crippen LogP contribution >= 0.6 is 17.2 Å². The molecule has 42 heavy (non-hydrogen) atoms. The molecule has 1 nitrogen and oxygen atoms in total. The van der Waals surface area contributed by atoms with Gasteiger partial charge in [-0.25, -0.2) is 0 Å². The molecular formula is C39H32OP2. The predicted molar refractivity (Wildman–Crippen MR) is 184 cm³/mol. The normalized spacial score (nSPS) is 13.2. The standard InChI is InChI=1S/C39H32OP2/c1-39(2)33-23-14-24-35(42(28-17-8-4-9-18-28)29-19-10-5-11-20-29)38(33)40-37-32(25-26-34(41)36(37)39)31-22-13-12-21-30(31)27-15-6-3-7-16-27/h3-26H,41H2,1-2H3. The van der Waals surface area contributed by atoms with Crippen molar-refractivity contribution in [1.82, 2.24) is 0 Å². The number of para-hydroxylation sites is 1. The molecule has 3 heteroatoms. The average Bonchev–Trinajstić information content (AvgIpc) is 3.03. The molecule has 6 aromatic carbocycles. The van der Waals surface area contributed by atoms with Crippen molar-refractivity contribution in [3.05, 3.63) is 157 Å². The Morgan fingerprint density at radius 2 is 1.10 bits per heavy atom. The van der Waals surface area contributed by atoms with Crippen LogP contribution in [-0.4, -0.2) is 0 Å². The van der Waals surface area contributed by atoms with E-state index in [1.54, 1.807) is 0 Å². The third-order valence-corrected chi connectivity index (χ3v) is 11.2. The van der Waals surface area contributed by atoms with Gasteiger partial charge in [-0.2, -0.15) is 0 Å². The lowest BCUT2D eigenvalue weighted by Gasteiger charge is -2.38. The maximum atomic E-state index is 7.23. The van der Waals surface area contributed by atoms with Crippen LogP contribution in [0.2, 0.25) is 0 Å². The predicted octanol–water partition coefficient (Wildman–Crippen LogP) is 8.71. The second-order valence-corrected chi connectivity index (χ2v) is 14.0. The van der Waals surface area contributed by atoms with Gasteiger partial charge in [-0.3, -0.25) is 0 Å². The van der Waals surface area contributed by atoms with Crippen molar-refractivity contribution < 1.29 is 4.74 Å². The fourth-order valence-corrected chi connectivity index (χ4v) is 9.25. The second kappa shape index (κ2) is 11.0. The first-order valence-corrected chi connectivity index (χ1v) is 16.3. The number of rotatable bonds is 5. The molecular weight excluding hydrogens is 546 g/mol. The zero-order chi connectivity index (χ0) is 28.7. The smallest absolute Gasteiger partial charge is 0.140 e. The molecule has 7 rings (SSSR count). The van der Waals surface area contributed by atoms with Gasteiger partial charge in [0.2, 0.25) is 0 Å². The lowest BCUT2D eigenvalue weighted by atomic mass is 9.74. The molecule has 6 aromatic rings. The van der Waals surface area contributed by atoms with Crippen LogP contribution in [0.15, 0.2) is 146 Å². The third-order valence-electron chi connectivity index (χ3n) is 8.26. The van der Waals surface area contributed by atoms with E-state index in [2.05, 4.69) is 169 Å². The number of hydrogen-bond donors (Lipinski definition) is 0. The molecule has 204 valence electrons. The van der Waals surface area contributed by atoms with Crippen LogP contribution in [0.4, 0.5) is 0 Å². The van der Waals surface area contributed by atoms with Crippen molar-refractivity contribution in [3.8, 4) is 33.8 Å². The lowest BCUT2D eigenvalue weighted by Crippen LogP contribution is -2.32. The van der Waals surface area contributed by atoms with Crippen molar-refractivity contribution in [3.63, 3.8) is 0 Å². The summed E-state index contributed by atoms with van der Waals surface area (Å²) in [6.45, 7) is 4.68. The summed E-state index contributed by atoms with van der Waals surface area (Å²) in [5, 5.41) is 5.04. The molecule has 0 saturated heterocycles. The largest absolute Gasteiger partial charge is 0.455 e. The fourth-order valence-electron chi connectivity index (χ4n) is 6.27. The van der Waals surface area contributed by atoms with Gasteiger partial charge in [0, 0.05) is 27.4 Å². The van der Waals surface area contributed by atoms with E-state index in [0.717, 1.165) is 17.1 Å². The Labute approximate surface area is 252 Å². The molecule has 0 N–H and O–H groups in total. The lowest BCUT2D eigenvalue weighted by molar-refractivity contribution is 0.425. The Hall–Kier alpha value is -4.02. The van der Waals surface area contributed by atoms with Crippen LogP contribution in [0.3, 0.4) is 0 Å². The molecule has 1 aliphatic heterocycles. The Kier molecular flexibility index (Phi) is 7.03. The van der Waals surface area contributed by atoms with Gasteiger partial charge < -0.3 is 4.74 Å². The summed E-state index contributed by atoms with van der Waals surface area (Å²) in [6.07, 6.45) is 0. The number of fused-ring (bicyclic) bond motifs is 2. The van der Waals surface area contributed by atoms with Gasteiger partial charge in [-0.05, 0) is 46.6 Å². The minimum Gasteiger partial charge on any atom is -0.455 e. The SMILES string of the molecule is CC1(C)c2cccc(P(c3ccccc3)c3ccccc3)c2Oc2c(-c3ccccc3-c3ccccc3)ccc(P)c21. The van der Waals surface area contributed by atoms with E-state index in [1.165, 1.54) is 49.0 Å². The Morgan fingerprint density at radius 1 is 0.524 bits per heavy atom. The van der Waals surface area contributed by atoms with Gasteiger partial charge >= 0.3 is 0 Å². The van der Waals surface area contributed by atoms with Crippen LogP contribution in [0.25, 0.3) is 22.3 Å². The molecule has 1 atom stereocenters. The highest BCUT2D eigenvalue weighted by Gasteiger charge is 2.39. The summed E-state index contributed by atoms with van der Waals surface area (Å²) in [4.78, 5) is 0. The topological polar surface area (TPSA) is 9.23 Å². The molecule has 1 unspecified atom stereocenters. The fraction of sp³-hybridized carbons (Fsp3) is 0.0769. The molecule has 0 spiro atoms. The molecule has 0 fully saturated rings. The summed E-state index contributed by atoms with van der Waals surface area (Å²) < 4.78 is 7.23. The summed E-state index contributed by atoms with van der Waals surface area (Å²) in [5.74, 6) is 1.94. The highest BCUT2D eigenvalue weighted by molar-refractivity contribution is 7.80. The molecule has 1 heterocycles. The maximum absolute atomic E-state index is 7.23. The number of benzene rings is 6. The van der Waals surface area contributed by atoms with Gasteiger partial charge in [0.15, 0.2) is 0 Å². The van der Waals surface area contributed by atoms with E-state index in [0.29, 0.717) is 0 Å². The highest BCUT2D eigenvalue weighted by Crippen LogP contribution is 2.53. The van der Waals surface area contributed by atoms with Gasteiger partial charge in [0.25, 0.3) is 0 Å². The Morgan fingerprint density at radius 3 is 1.74 bits per heavy atom. The maximum Gasteiger partial charge on any atom is 0.140 e. The van der Waals surface area contributed by atoms with E-state index in [-0.39, 0.29) is 5.41 Å². The number of ether oxygens (including phenoxy) is 1. The van der Waals surface area contributed by atoms with E-state index < -0.39 is 7.92 Å². The zero-order valence-corrected chi connectivity index (χ0v) is 25.8. The van der Waals surface area contributed by atoms with Gasteiger partial charge in [-0.1, -0.05) is 153 Å². The zero-order valence-electron chi connectivity index (χ0n) is 23.8. The monoisotopic (exact) mass is 578 g/mol. The van der Waals surface area contributed by atoms with E-state index in [1.807, 2.05) is 0 Å². The summed E-state index contributed by atoms with van der Waals surface area (Å²) in [5.41, 5.74) is 6.88. The average molecular weight is 579 g/mol. The first-order chi connectivity index (χ1) is 20.5. The molecule has 0 aliphatic carbocycles.